The van der Waals surface area contributed by atoms with Crippen molar-refractivity contribution in [3.8, 4) is 5.75 Å². The highest BCUT2D eigenvalue weighted by molar-refractivity contribution is 5.91. The molecule has 1 heterocycles. The number of ether oxygens (including phenoxy) is 1. The molecule has 7 nitrogen and oxygen atoms in total. The van der Waals surface area contributed by atoms with Crippen molar-refractivity contribution >= 4 is 11.8 Å². The molecule has 0 saturated carbocycles. The number of amides is 2. The van der Waals surface area contributed by atoms with Crippen LogP contribution in [0.1, 0.15) is 40.9 Å². The molecule has 0 aliphatic heterocycles. The van der Waals surface area contributed by atoms with Gasteiger partial charge < -0.3 is 19.8 Å². The standard InChI is InChI=1S/C20H25N3O4/c1-5-19-23-17(11-27-19)20(25)21-9-8-15(4)22-18(24)12-26-16-7-6-13(2)14(3)10-16/h6-7,10-11H,4-5,8-9,12H2,1-3H3,(H,21,25)(H,22,24). The number of oxazole rings is 1. The van der Waals surface area contributed by atoms with Gasteiger partial charge in [0.1, 0.15) is 12.0 Å². The summed E-state index contributed by atoms with van der Waals surface area (Å²) in [4.78, 5) is 27.9. The second-order valence-electron chi connectivity index (χ2n) is 6.17. The third-order valence-electron chi connectivity index (χ3n) is 3.96. The zero-order valence-corrected chi connectivity index (χ0v) is 15.9. The molecule has 2 aromatic rings. The van der Waals surface area contributed by atoms with Gasteiger partial charge in [-0.25, -0.2) is 4.98 Å². The molecule has 27 heavy (non-hydrogen) atoms. The average Bonchev–Trinajstić information content (AvgIpc) is 3.12. The van der Waals surface area contributed by atoms with Crippen LogP contribution in [-0.4, -0.2) is 29.9 Å². The van der Waals surface area contributed by atoms with Crippen LogP contribution >= 0.6 is 0 Å². The minimum Gasteiger partial charge on any atom is -0.484 e. The Balaban J connectivity index is 1.67. The van der Waals surface area contributed by atoms with E-state index in [1.807, 2.05) is 39.0 Å². The second-order valence-corrected chi connectivity index (χ2v) is 6.17. The van der Waals surface area contributed by atoms with Gasteiger partial charge in [0.25, 0.3) is 11.8 Å². The van der Waals surface area contributed by atoms with Crippen molar-refractivity contribution in [2.45, 2.75) is 33.6 Å². The van der Waals surface area contributed by atoms with Crippen LogP contribution in [0.4, 0.5) is 0 Å². The van der Waals surface area contributed by atoms with Crippen molar-refractivity contribution in [3.05, 3.63) is 59.4 Å². The van der Waals surface area contributed by atoms with E-state index >= 15 is 0 Å². The quantitative estimate of drug-likeness (QED) is 0.707. The first-order chi connectivity index (χ1) is 12.9. The molecule has 0 spiro atoms. The minimum absolute atomic E-state index is 0.105. The van der Waals surface area contributed by atoms with Crippen LogP contribution in [-0.2, 0) is 11.2 Å². The molecule has 0 radical (unpaired) electrons. The van der Waals surface area contributed by atoms with Gasteiger partial charge in [-0.15, -0.1) is 0 Å². The fraction of sp³-hybridized carbons (Fsp3) is 0.350. The van der Waals surface area contributed by atoms with Crippen LogP contribution in [0.2, 0.25) is 0 Å². The van der Waals surface area contributed by atoms with Gasteiger partial charge in [0, 0.05) is 25.1 Å². The summed E-state index contributed by atoms with van der Waals surface area (Å²) >= 11 is 0. The number of hydrogen-bond donors (Lipinski definition) is 2. The van der Waals surface area contributed by atoms with Crippen molar-refractivity contribution in [2.75, 3.05) is 13.2 Å². The van der Waals surface area contributed by atoms with Gasteiger partial charge in [0.15, 0.2) is 18.2 Å². The molecule has 0 atom stereocenters. The van der Waals surface area contributed by atoms with E-state index in [4.69, 9.17) is 9.15 Å². The zero-order chi connectivity index (χ0) is 19.8. The maximum atomic E-state index is 11.9. The van der Waals surface area contributed by atoms with Gasteiger partial charge in [-0.2, -0.15) is 0 Å². The van der Waals surface area contributed by atoms with Gasteiger partial charge in [-0.1, -0.05) is 19.6 Å². The number of aryl methyl sites for hydroxylation is 3. The van der Waals surface area contributed by atoms with E-state index in [0.29, 0.717) is 36.7 Å². The van der Waals surface area contributed by atoms with Crippen LogP contribution < -0.4 is 15.4 Å². The Hall–Kier alpha value is -3.09. The Morgan fingerprint density at radius 3 is 2.70 bits per heavy atom. The summed E-state index contributed by atoms with van der Waals surface area (Å²) in [5, 5.41) is 5.36. The number of hydrogen-bond acceptors (Lipinski definition) is 5. The van der Waals surface area contributed by atoms with Gasteiger partial charge in [0.2, 0.25) is 0 Å². The Morgan fingerprint density at radius 1 is 1.26 bits per heavy atom. The Morgan fingerprint density at radius 2 is 2.04 bits per heavy atom. The molecule has 2 N–H and O–H groups in total. The van der Waals surface area contributed by atoms with Crippen molar-refractivity contribution in [1.82, 2.24) is 15.6 Å². The topological polar surface area (TPSA) is 93.5 Å². The molecule has 1 aromatic carbocycles. The van der Waals surface area contributed by atoms with E-state index in [2.05, 4.69) is 22.2 Å². The molecule has 0 unspecified atom stereocenters. The van der Waals surface area contributed by atoms with E-state index in [1.165, 1.54) is 11.8 Å². The number of rotatable bonds is 9. The van der Waals surface area contributed by atoms with Gasteiger partial charge in [0.05, 0.1) is 0 Å². The average molecular weight is 371 g/mol. The summed E-state index contributed by atoms with van der Waals surface area (Å²) in [7, 11) is 0. The number of nitrogens with one attached hydrogen (secondary N) is 2. The maximum absolute atomic E-state index is 11.9. The Bertz CT molecular complexity index is 826. The molecule has 144 valence electrons. The zero-order valence-electron chi connectivity index (χ0n) is 15.9. The number of benzene rings is 1. The predicted molar refractivity (Wildman–Crippen MR) is 102 cm³/mol. The molecule has 0 aliphatic rings. The summed E-state index contributed by atoms with van der Waals surface area (Å²) in [6.45, 7) is 9.90. The van der Waals surface area contributed by atoms with Gasteiger partial charge in [-0.05, 0) is 37.1 Å². The molecule has 7 heteroatoms. The molecule has 2 rings (SSSR count). The fourth-order valence-electron chi connectivity index (χ4n) is 2.24. The lowest BCUT2D eigenvalue weighted by atomic mass is 10.1. The molecule has 0 aliphatic carbocycles. The largest absolute Gasteiger partial charge is 0.484 e. The van der Waals surface area contributed by atoms with E-state index in [-0.39, 0.29) is 24.1 Å². The first-order valence-electron chi connectivity index (χ1n) is 8.79. The summed E-state index contributed by atoms with van der Waals surface area (Å²) in [5.41, 5.74) is 3.01. The summed E-state index contributed by atoms with van der Waals surface area (Å²) in [6.07, 6.45) is 2.36. The van der Waals surface area contributed by atoms with Crippen LogP contribution in [0.15, 0.2) is 41.2 Å². The van der Waals surface area contributed by atoms with Crippen molar-refractivity contribution in [3.63, 3.8) is 0 Å². The van der Waals surface area contributed by atoms with Crippen molar-refractivity contribution in [2.24, 2.45) is 0 Å². The predicted octanol–water partition coefficient (Wildman–Crippen LogP) is 2.68. The monoisotopic (exact) mass is 371 g/mol. The van der Waals surface area contributed by atoms with Crippen LogP contribution in [0, 0.1) is 13.8 Å². The molecule has 1 aromatic heterocycles. The number of nitrogens with zero attached hydrogens (tertiary/aromatic N) is 1. The van der Waals surface area contributed by atoms with Crippen molar-refractivity contribution in [1.29, 1.82) is 0 Å². The SMILES string of the molecule is C=C(CCNC(=O)c1coc(CC)n1)NC(=O)COc1ccc(C)c(C)c1. The van der Waals surface area contributed by atoms with E-state index in [1.54, 1.807) is 0 Å². The molecule has 0 bridgehead atoms. The Labute approximate surface area is 158 Å². The minimum atomic E-state index is -0.323. The first kappa shape index (κ1) is 20.2. The highest BCUT2D eigenvalue weighted by Gasteiger charge is 2.11. The first-order valence-corrected chi connectivity index (χ1v) is 8.79. The Kier molecular flexibility index (Phi) is 7.16. The van der Waals surface area contributed by atoms with E-state index < -0.39 is 0 Å². The van der Waals surface area contributed by atoms with E-state index in [9.17, 15) is 9.59 Å². The summed E-state index contributed by atoms with van der Waals surface area (Å²) in [5.74, 6) is 0.537. The molecular formula is C20H25N3O4. The lowest BCUT2D eigenvalue weighted by molar-refractivity contribution is -0.122. The summed E-state index contributed by atoms with van der Waals surface area (Å²) in [6, 6.07) is 5.66. The highest BCUT2D eigenvalue weighted by atomic mass is 16.5. The third kappa shape index (κ3) is 6.29. The lowest BCUT2D eigenvalue weighted by Crippen LogP contribution is -2.31. The number of carbonyl (C=O) groups excluding carboxylic acids is 2. The van der Waals surface area contributed by atoms with E-state index in [0.717, 1.165) is 5.56 Å². The fourth-order valence-corrected chi connectivity index (χ4v) is 2.24. The van der Waals surface area contributed by atoms with Gasteiger partial charge >= 0.3 is 0 Å². The lowest BCUT2D eigenvalue weighted by Gasteiger charge is -2.11. The maximum Gasteiger partial charge on any atom is 0.273 e. The number of aromatic nitrogens is 1. The van der Waals surface area contributed by atoms with Crippen LogP contribution in [0.5, 0.6) is 5.75 Å². The third-order valence-corrected chi connectivity index (χ3v) is 3.96. The smallest absolute Gasteiger partial charge is 0.273 e. The molecule has 0 saturated heterocycles. The highest BCUT2D eigenvalue weighted by Crippen LogP contribution is 2.16. The van der Waals surface area contributed by atoms with Gasteiger partial charge in [-0.3, -0.25) is 9.59 Å². The molecule has 0 fully saturated rings. The molecule has 2 amide bonds. The molecular weight excluding hydrogens is 346 g/mol. The second kappa shape index (κ2) is 9.56. The van der Waals surface area contributed by atoms with Crippen molar-refractivity contribution < 1.29 is 18.7 Å². The van der Waals surface area contributed by atoms with Crippen LogP contribution in [0.25, 0.3) is 0 Å². The summed E-state index contributed by atoms with van der Waals surface area (Å²) < 4.78 is 10.6. The number of carbonyl (C=O) groups is 2. The van der Waals surface area contributed by atoms with Crippen LogP contribution in [0.3, 0.4) is 0 Å². The normalized spacial score (nSPS) is 10.3.